The van der Waals surface area contributed by atoms with Crippen molar-refractivity contribution in [1.29, 1.82) is 0 Å². The van der Waals surface area contributed by atoms with Gasteiger partial charge in [-0.2, -0.15) is 4.68 Å². The topological polar surface area (TPSA) is 139 Å². The molecule has 1 aliphatic heterocycles. The van der Waals surface area contributed by atoms with Gasteiger partial charge in [0.1, 0.15) is 16.7 Å². The highest BCUT2D eigenvalue weighted by Gasteiger charge is 2.29. The van der Waals surface area contributed by atoms with Gasteiger partial charge in [0.05, 0.1) is 24.6 Å². The van der Waals surface area contributed by atoms with E-state index < -0.39 is 17.3 Å². The number of anilines is 2. The average molecular weight is 605 g/mol. The van der Waals surface area contributed by atoms with Crippen LogP contribution >= 0.6 is 0 Å². The van der Waals surface area contributed by atoms with Gasteiger partial charge in [-0.1, -0.05) is 0 Å². The van der Waals surface area contributed by atoms with E-state index in [0.717, 1.165) is 24.1 Å². The molecule has 1 saturated heterocycles. The highest BCUT2D eigenvalue weighted by Crippen LogP contribution is 2.32. The van der Waals surface area contributed by atoms with Crippen molar-refractivity contribution in [2.24, 2.45) is 0 Å². The number of piperidine rings is 1. The molecule has 5 heterocycles. The van der Waals surface area contributed by atoms with Gasteiger partial charge < -0.3 is 29.0 Å². The van der Waals surface area contributed by atoms with Crippen molar-refractivity contribution in [3.8, 4) is 17.1 Å². The first-order valence-electron chi connectivity index (χ1n) is 14.6. The molecule has 0 atom stereocenters. The Morgan fingerprint density at radius 1 is 0.932 bits per heavy atom. The van der Waals surface area contributed by atoms with E-state index in [1.54, 1.807) is 37.9 Å². The van der Waals surface area contributed by atoms with Crippen LogP contribution < -0.4 is 10.1 Å². The molecule has 0 aromatic carbocycles. The number of pyridine rings is 1. The lowest BCUT2D eigenvalue weighted by Crippen LogP contribution is -2.42. The van der Waals surface area contributed by atoms with E-state index in [0.29, 0.717) is 47.5 Å². The number of nitrogens with zero attached hydrogens (tertiary/aromatic N) is 7. The monoisotopic (exact) mass is 604 g/mol. The Balaban J connectivity index is 1.40. The number of carbonyl (C=O) groups is 2. The predicted molar refractivity (Wildman–Crippen MR) is 165 cm³/mol. The van der Waals surface area contributed by atoms with E-state index in [1.807, 2.05) is 52.1 Å². The number of aryl methyl sites for hydroxylation is 1. The van der Waals surface area contributed by atoms with Gasteiger partial charge in [0.15, 0.2) is 17.3 Å². The number of hydrogen-bond donors (Lipinski definition) is 1. The molecule has 13 heteroatoms. The molecular weight excluding hydrogens is 564 g/mol. The third-order valence-corrected chi connectivity index (χ3v) is 6.93. The van der Waals surface area contributed by atoms with Crippen molar-refractivity contribution in [3.05, 3.63) is 42.4 Å². The van der Waals surface area contributed by atoms with E-state index in [-0.39, 0.29) is 12.1 Å². The van der Waals surface area contributed by atoms with Crippen LogP contribution in [0.2, 0.25) is 0 Å². The minimum absolute atomic E-state index is 0.148. The van der Waals surface area contributed by atoms with Crippen LogP contribution in [-0.4, -0.2) is 77.8 Å². The van der Waals surface area contributed by atoms with Crippen molar-refractivity contribution in [2.75, 3.05) is 25.5 Å². The van der Waals surface area contributed by atoms with E-state index in [2.05, 4.69) is 25.0 Å². The van der Waals surface area contributed by atoms with Crippen LogP contribution in [0.5, 0.6) is 5.88 Å². The molecule has 1 N–H and O–H groups in total. The summed E-state index contributed by atoms with van der Waals surface area (Å²) in [5.41, 5.74) is 2.00. The van der Waals surface area contributed by atoms with E-state index in [1.165, 1.54) is 11.8 Å². The summed E-state index contributed by atoms with van der Waals surface area (Å²) in [6, 6.07) is 7.46. The van der Waals surface area contributed by atoms with Gasteiger partial charge in [0.25, 0.3) is 0 Å². The molecule has 0 unspecified atom stereocenters. The molecule has 44 heavy (non-hydrogen) atoms. The molecule has 234 valence electrons. The van der Waals surface area contributed by atoms with Gasteiger partial charge in [-0.05, 0) is 79.5 Å². The van der Waals surface area contributed by atoms with E-state index in [9.17, 15) is 9.59 Å². The van der Waals surface area contributed by atoms with Crippen molar-refractivity contribution < 1.29 is 23.8 Å². The Kier molecular flexibility index (Phi) is 8.23. The van der Waals surface area contributed by atoms with Crippen LogP contribution in [0.3, 0.4) is 0 Å². The number of hydrogen-bond acceptors (Lipinski definition) is 10. The molecule has 4 aromatic rings. The fourth-order valence-electron chi connectivity index (χ4n) is 5.02. The van der Waals surface area contributed by atoms with Crippen molar-refractivity contribution in [1.82, 2.24) is 34.2 Å². The first-order valence-corrected chi connectivity index (χ1v) is 14.6. The van der Waals surface area contributed by atoms with Gasteiger partial charge in [0.2, 0.25) is 5.88 Å². The number of aromatic nitrogens is 6. The van der Waals surface area contributed by atoms with Gasteiger partial charge in [-0.3, -0.25) is 0 Å². The second kappa shape index (κ2) is 11.8. The zero-order valence-electron chi connectivity index (χ0n) is 26.5. The zero-order chi connectivity index (χ0) is 31.8. The summed E-state index contributed by atoms with van der Waals surface area (Å²) < 4.78 is 20.0. The fraction of sp³-hybridized carbons (Fsp3) is 0.484. The first kappa shape index (κ1) is 30.8. The summed E-state index contributed by atoms with van der Waals surface area (Å²) >= 11 is 0. The summed E-state index contributed by atoms with van der Waals surface area (Å²) in [5, 5.41) is 7.72. The number of fused-ring (bicyclic) bond motifs is 1. The average Bonchev–Trinajstić information content (AvgIpc) is 3.55. The maximum Gasteiger partial charge on any atom is 0.435 e. The molecule has 1 fully saturated rings. The third-order valence-electron chi connectivity index (χ3n) is 6.93. The predicted octanol–water partition coefficient (Wildman–Crippen LogP) is 6.11. The smallest absolute Gasteiger partial charge is 0.435 e. The highest BCUT2D eigenvalue weighted by molar-refractivity contribution is 5.81. The Hall–Kier alpha value is -4.68. The molecule has 0 bridgehead atoms. The summed E-state index contributed by atoms with van der Waals surface area (Å²) in [6.45, 7) is 14.0. The molecule has 0 spiro atoms. The van der Waals surface area contributed by atoms with Crippen LogP contribution in [0, 0.1) is 6.92 Å². The summed E-state index contributed by atoms with van der Waals surface area (Å²) in [5.74, 6) is 1.18. The molecule has 0 saturated carbocycles. The van der Waals surface area contributed by atoms with Gasteiger partial charge in [-0.25, -0.2) is 24.5 Å². The molecule has 4 aromatic heterocycles. The van der Waals surface area contributed by atoms with Gasteiger partial charge >= 0.3 is 12.2 Å². The lowest BCUT2D eigenvalue weighted by atomic mass is 10.1. The van der Waals surface area contributed by atoms with Crippen LogP contribution in [0.1, 0.15) is 66.1 Å². The number of likely N-dealkylation sites (tertiary alicyclic amines) is 1. The standard InChI is InChI=1S/C31H40N8O5/c1-19-9-10-21(27(33-19)42-8)23-17-24(36-39(23)29(41)44-31(5,6)7)34-25-18-32-22-13-16-38(26(22)35-25)20-11-14-37(15-12-20)28(40)43-30(2,3)4/h9-10,13,16-18,20H,11-12,14-15H2,1-8H3,(H,34,35,36). The molecule has 0 aliphatic carbocycles. The second-order valence-corrected chi connectivity index (χ2v) is 12.8. The fourth-order valence-corrected chi connectivity index (χ4v) is 5.02. The maximum absolute atomic E-state index is 13.2. The molecular formula is C31H40N8O5. The van der Waals surface area contributed by atoms with Crippen LogP contribution in [-0.2, 0) is 9.47 Å². The van der Waals surface area contributed by atoms with Crippen LogP contribution in [0.25, 0.3) is 22.4 Å². The highest BCUT2D eigenvalue weighted by atomic mass is 16.6. The maximum atomic E-state index is 13.2. The first-order chi connectivity index (χ1) is 20.7. The SMILES string of the molecule is COc1nc(C)ccc1-c1cc(Nc2cnc3ccn(C4CCN(C(=O)OC(C)(C)C)CC4)c3n2)nn1C(=O)OC(C)(C)C. The molecule has 1 aliphatic rings. The molecule has 1 amide bonds. The number of rotatable bonds is 5. The Morgan fingerprint density at radius 2 is 1.61 bits per heavy atom. The number of carbonyl (C=O) groups excluding carboxylic acids is 2. The molecule has 13 nitrogen and oxygen atoms in total. The number of nitrogens with one attached hydrogen (secondary N) is 1. The zero-order valence-corrected chi connectivity index (χ0v) is 26.5. The van der Waals surface area contributed by atoms with Gasteiger partial charge in [-0.15, -0.1) is 5.10 Å². The molecule has 0 radical (unpaired) electrons. The Labute approximate surface area is 256 Å². The lowest BCUT2D eigenvalue weighted by molar-refractivity contribution is 0.0189. The minimum Gasteiger partial charge on any atom is -0.480 e. The van der Waals surface area contributed by atoms with Gasteiger partial charge in [0, 0.05) is 37.1 Å². The van der Waals surface area contributed by atoms with Crippen LogP contribution in [0.4, 0.5) is 21.2 Å². The number of ether oxygens (including phenoxy) is 3. The summed E-state index contributed by atoms with van der Waals surface area (Å²) in [4.78, 5) is 41.4. The Morgan fingerprint density at radius 3 is 2.27 bits per heavy atom. The van der Waals surface area contributed by atoms with Crippen molar-refractivity contribution in [3.63, 3.8) is 0 Å². The third kappa shape index (κ3) is 6.92. The number of methoxy groups -OCH3 is 1. The summed E-state index contributed by atoms with van der Waals surface area (Å²) in [7, 11) is 1.53. The Bertz CT molecular complexity index is 1670. The van der Waals surface area contributed by atoms with E-state index in [4.69, 9.17) is 19.2 Å². The van der Waals surface area contributed by atoms with E-state index >= 15 is 0 Å². The van der Waals surface area contributed by atoms with Crippen molar-refractivity contribution >= 4 is 35.0 Å². The van der Waals surface area contributed by atoms with Crippen LogP contribution in [0.15, 0.2) is 36.7 Å². The van der Waals surface area contributed by atoms with Crippen molar-refractivity contribution in [2.45, 2.75) is 78.6 Å². The minimum atomic E-state index is -0.728. The quantitative estimate of drug-likeness (QED) is 0.284. The normalized spacial score (nSPS) is 14.5. The second-order valence-electron chi connectivity index (χ2n) is 12.8. The largest absolute Gasteiger partial charge is 0.480 e. The number of amides is 1. The lowest BCUT2D eigenvalue weighted by Gasteiger charge is -2.34. The summed E-state index contributed by atoms with van der Waals surface area (Å²) in [6.07, 6.45) is 4.20. The molecule has 5 rings (SSSR count).